The number of hydrogen-bond donors (Lipinski definition) is 2. The van der Waals surface area contributed by atoms with Gasteiger partial charge in [-0.1, -0.05) is 56.3 Å². The molecule has 39 heavy (non-hydrogen) atoms. The van der Waals surface area contributed by atoms with Crippen LogP contribution >= 0.6 is 0 Å². The van der Waals surface area contributed by atoms with Crippen LogP contribution in [0.4, 0.5) is 13.2 Å². The van der Waals surface area contributed by atoms with E-state index in [9.17, 15) is 27.6 Å². The minimum Gasteiger partial charge on any atom is -0.352 e. The Labute approximate surface area is 225 Å². The maximum atomic E-state index is 13.5. The van der Waals surface area contributed by atoms with Crippen LogP contribution in [0.2, 0.25) is 0 Å². The number of ketones is 1. The molecule has 2 atom stereocenters. The third-order valence-electron chi connectivity index (χ3n) is 6.09. The van der Waals surface area contributed by atoms with Crippen LogP contribution in [0, 0.1) is 11.8 Å². The van der Waals surface area contributed by atoms with Gasteiger partial charge in [-0.15, -0.1) is 0 Å². The van der Waals surface area contributed by atoms with Crippen LogP contribution in [-0.4, -0.2) is 33.6 Å². The number of nitrogens with zero attached hydrogens (tertiary/aromatic N) is 2. The fraction of sp³-hybridized carbons (Fsp3) is 0.345. The Morgan fingerprint density at radius 1 is 0.923 bits per heavy atom. The number of carbonyl (C=O) groups excluding carboxylic acids is 3. The summed E-state index contributed by atoms with van der Waals surface area (Å²) in [6, 6.07) is 12.8. The van der Waals surface area contributed by atoms with Crippen molar-refractivity contribution in [2.24, 2.45) is 11.8 Å². The number of halogens is 3. The molecule has 0 unspecified atom stereocenters. The Kier molecular flexibility index (Phi) is 10.3. The Hall–Kier alpha value is -4.08. The molecule has 0 spiro atoms. The number of rotatable bonds is 12. The molecule has 0 bridgehead atoms. The molecule has 0 saturated carbocycles. The molecular weight excluding hydrogens is 509 g/mol. The normalized spacial score (nSPS) is 13.0. The van der Waals surface area contributed by atoms with Gasteiger partial charge in [0.15, 0.2) is 5.78 Å². The van der Waals surface area contributed by atoms with E-state index in [1.165, 1.54) is 30.7 Å². The molecule has 0 saturated heterocycles. The van der Waals surface area contributed by atoms with E-state index in [0.29, 0.717) is 12.0 Å². The molecule has 1 heterocycles. The van der Waals surface area contributed by atoms with Gasteiger partial charge in [0, 0.05) is 31.3 Å². The van der Waals surface area contributed by atoms with E-state index >= 15 is 0 Å². The van der Waals surface area contributed by atoms with Crippen molar-refractivity contribution in [1.82, 2.24) is 20.6 Å². The lowest BCUT2D eigenvalue weighted by Gasteiger charge is -2.22. The molecule has 1 aromatic heterocycles. The first-order valence-corrected chi connectivity index (χ1v) is 12.6. The predicted molar refractivity (Wildman–Crippen MR) is 139 cm³/mol. The number of alkyl halides is 3. The maximum absolute atomic E-state index is 13.5. The third-order valence-corrected chi connectivity index (χ3v) is 6.09. The molecule has 7 nitrogen and oxygen atoms in total. The maximum Gasteiger partial charge on any atom is 0.416 e. The van der Waals surface area contributed by atoms with Gasteiger partial charge >= 0.3 is 6.18 Å². The van der Waals surface area contributed by atoms with Crippen LogP contribution in [0.25, 0.3) is 0 Å². The second-order valence-corrected chi connectivity index (χ2v) is 9.72. The lowest BCUT2D eigenvalue weighted by atomic mass is 9.88. The SMILES string of the molecule is CC(C)C[C@H](CC(=O)[C@H](Cc1ccccc1)NC(=O)c1cnccn1)C(=O)NCc1ccc(C(F)(F)F)cc1. The third kappa shape index (κ3) is 9.31. The average molecular weight is 541 g/mol. The van der Waals surface area contributed by atoms with E-state index in [4.69, 9.17) is 0 Å². The van der Waals surface area contributed by atoms with Crippen molar-refractivity contribution < 1.29 is 27.6 Å². The zero-order valence-corrected chi connectivity index (χ0v) is 21.7. The van der Waals surface area contributed by atoms with Gasteiger partial charge in [-0.3, -0.25) is 19.4 Å². The summed E-state index contributed by atoms with van der Waals surface area (Å²) < 4.78 is 38.5. The number of amides is 2. The summed E-state index contributed by atoms with van der Waals surface area (Å²) in [6.45, 7) is 3.88. The number of nitrogens with one attached hydrogen (secondary N) is 2. The fourth-order valence-electron chi connectivity index (χ4n) is 4.13. The monoisotopic (exact) mass is 540 g/mol. The fourth-order valence-corrected chi connectivity index (χ4v) is 4.13. The minimum absolute atomic E-state index is 0.0244. The van der Waals surface area contributed by atoms with Gasteiger partial charge in [0.1, 0.15) is 5.69 Å². The van der Waals surface area contributed by atoms with Gasteiger partial charge in [-0.2, -0.15) is 13.2 Å². The first-order chi connectivity index (χ1) is 18.5. The quantitative estimate of drug-likeness (QED) is 0.345. The molecule has 0 radical (unpaired) electrons. The summed E-state index contributed by atoms with van der Waals surface area (Å²) >= 11 is 0. The molecule has 3 aromatic rings. The van der Waals surface area contributed by atoms with Gasteiger partial charge in [0.25, 0.3) is 5.91 Å². The zero-order chi connectivity index (χ0) is 28.4. The van der Waals surface area contributed by atoms with Crippen LogP contribution in [0.15, 0.2) is 73.2 Å². The first-order valence-electron chi connectivity index (χ1n) is 12.6. The number of carbonyl (C=O) groups is 3. The van der Waals surface area contributed by atoms with Crippen molar-refractivity contribution in [3.05, 3.63) is 95.6 Å². The number of hydrogen-bond acceptors (Lipinski definition) is 5. The smallest absolute Gasteiger partial charge is 0.352 e. The first kappa shape index (κ1) is 29.5. The Morgan fingerprint density at radius 3 is 2.21 bits per heavy atom. The molecule has 3 rings (SSSR count). The molecule has 206 valence electrons. The summed E-state index contributed by atoms with van der Waals surface area (Å²) in [5, 5.41) is 5.49. The van der Waals surface area contributed by atoms with Crippen molar-refractivity contribution in [3.63, 3.8) is 0 Å². The van der Waals surface area contributed by atoms with Gasteiger partial charge in [0.2, 0.25) is 5.91 Å². The van der Waals surface area contributed by atoms with E-state index in [1.54, 1.807) is 0 Å². The van der Waals surface area contributed by atoms with Crippen molar-refractivity contribution in [1.29, 1.82) is 0 Å². The van der Waals surface area contributed by atoms with Gasteiger partial charge in [-0.25, -0.2) is 4.98 Å². The molecule has 0 fully saturated rings. The summed E-state index contributed by atoms with van der Waals surface area (Å²) in [4.78, 5) is 47.2. The Bertz CT molecular complexity index is 1230. The van der Waals surface area contributed by atoms with Crippen molar-refractivity contribution in [3.8, 4) is 0 Å². The van der Waals surface area contributed by atoms with Crippen LogP contribution in [0.5, 0.6) is 0 Å². The number of aromatic nitrogens is 2. The second kappa shape index (κ2) is 13.6. The summed E-state index contributed by atoms with van der Waals surface area (Å²) in [5.41, 5.74) is 0.636. The molecule has 2 N–H and O–H groups in total. The van der Waals surface area contributed by atoms with Gasteiger partial charge in [0.05, 0.1) is 17.8 Å². The highest BCUT2D eigenvalue weighted by Crippen LogP contribution is 2.29. The second-order valence-electron chi connectivity index (χ2n) is 9.72. The Morgan fingerprint density at radius 2 is 1.62 bits per heavy atom. The van der Waals surface area contributed by atoms with Gasteiger partial charge in [-0.05, 0) is 42.0 Å². The van der Waals surface area contributed by atoms with E-state index in [1.807, 2.05) is 44.2 Å². The summed E-state index contributed by atoms with van der Waals surface area (Å²) in [7, 11) is 0. The van der Waals surface area contributed by atoms with E-state index in [0.717, 1.165) is 17.7 Å². The topological polar surface area (TPSA) is 101 Å². The van der Waals surface area contributed by atoms with Crippen molar-refractivity contribution >= 4 is 17.6 Å². The molecule has 0 aliphatic carbocycles. The highest BCUT2D eigenvalue weighted by atomic mass is 19.4. The van der Waals surface area contributed by atoms with Crippen molar-refractivity contribution in [2.75, 3.05) is 0 Å². The van der Waals surface area contributed by atoms with Crippen LogP contribution < -0.4 is 10.6 Å². The molecule has 2 aromatic carbocycles. The molecular formula is C29H31F3N4O3. The van der Waals surface area contributed by atoms with E-state index < -0.39 is 29.6 Å². The highest BCUT2D eigenvalue weighted by Gasteiger charge is 2.31. The molecule has 2 amide bonds. The lowest BCUT2D eigenvalue weighted by Crippen LogP contribution is -2.44. The van der Waals surface area contributed by atoms with Crippen LogP contribution in [0.3, 0.4) is 0 Å². The molecule has 0 aliphatic heterocycles. The molecule has 10 heteroatoms. The minimum atomic E-state index is -4.44. The highest BCUT2D eigenvalue weighted by molar-refractivity contribution is 5.97. The summed E-state index contributed by atoms with van der Waals surface area (Å²) in [5.74, 6) is -1.83. The average Bonchev–Trinajstić information content (AvgIpc) is 2.91. The van der Waals surface area contributed by atoms with Crippen LogP contribution in [-0.2, 0) is 28.7 Å². The molecule has 0 aliphatic rings. The standard InChI is InChI=1S/C29H31F3N4O3/c1-19(2)14-22(27(38)35-17-21-8-10-23(11-9-21)29(30,31)32)16-26(37)24(15-20-6-4-3-5-7-20)36-28(39)25-18-33-12-13-34-25/h3-13,18-19,22,24H,14-17H2,1-2H3,(H,35,38)(H,36,39)/t22-,24+/m1/s1. The summed E-state index contributed by atoms with van der Waals surface area (Å²) in [6.07, 6.45) is 0.202. The van der Waals surface area contributed by atoms with Crippen LogP contribution in [0.1, 0.15) is 53.9 Å². The van der Waals surface area contributed by atoms with Gasteiger partial charge < -0.3 is 10.6 Å². The Balaban J connectivity index is 1.71. The lowest BCUT2D eigenvalue weighted by molar-refractivity contribution is -0.137. The van der Waals surface area contributed by atoms with E-state index in [-0.39, 0.29) is 42.7 Å². The predicted octanol–water partition coefficient (Wildman–Crippen LogP) is 4.77. The largest absolute Gasteiger partial charge is 0.416 e. The van der Waals surface area contributed by atoms with E-state index in [2.05, 4.69) is 20.6 Å². The zero-order valence-electron chi connectivity index (χ0n) is 21.7. The number of Topliss-reactive ketones (excluding diaryl/α,β-unsaturated/α-hetero) is 1. The number of benzene rings is 2. The van der Waals surface area contributed by atoms with Crippen molar-refractivity contribution in [2.45, 2.75) is 51.9 Å².